The first-order chi connectivity index (χ1) is 8.16. The monoisotopic (exact) mass is 237 g/mol. The first-order valence-corrected chi connectivity index (χ1v) is 6.55. The molecule has 0 bridgehead atoms. The Morgan fingerprint density at radius 3 is 2.88 bits per heavy atom. The second-order valence-corrected chi connectivity index (χ2v) is 5.08. The number of hydrogen-bond acceptors (Lipinski definition) is 3. The predicted octanol–water partition coefficient (Wildman–Crippen LogP) is 2.97. The highest BCUT2D eigenvalue weighted by molar-refractivity contribution is 5.23. The summed E-state index contributed by atoms with van der Waals surface area (Å²) in [4.78, 5) is 0. The highest BCUT2D eigenvalue weighted by Gasteiger charge is 2.17. The number of ether oxygens (including phenoxy) is 1. The molecule has 2 unspecified atom stereocenters. The lowest BCUT2D eigenvalue weighted by Gasteiger charge is -2.24. The number of hydrogen-bond donors (Lipinski definition) is 1. The van der Waals surface area contributed by atoms with Gasteiger partial charge >= 0.3 is 0 Å². The molecular formula is C14H23NO2. The SMILES string of the molecule is Cc1cc(C(C)NCC2CCCOC2)c(C)o1. The molecule has 0 amide bonds. The van der Waals surface area contributed by atoms with E-state index in [4.69, 9.17) is 9.15 Å². The van der Waals surface area contributed by atoms with Crippen LogP contribution >= 0.6 is 0 Å². The van der Waals surface area contributed by atoms with Gasteiger partial charge in [0.25, 0.3) is 0 Å². The zero-order chi connectivity index (χ0) is 12.3. The van der Waals surface area contributed by atoms with Crippen LogP contribution in [0.1, 0.15) is 42.9 Å². The summed E-state index contributed by atoms with van der Waals surface area (Å²) in [6.07, 6.45) is 2.48. The summed E-state index contributed by atoms with van der Waals surface area (Å²) in [5, 5.41) is 3.58. The largest absolute Gasteiger partial charge is 0.466 e. The summed E-state index contributed by atoms with van der Waals surface area (Å²) in [5.74, 6) is 2.69. The van der Waals surface area contributed by atoms with Gasteiger partial charge in [-0.2, -0.15) is 0 Å². The Morgan fingerprint density at radius 2 is 2.29 bits per heavy atom. The maximum Gasteiger partial charge on any atom is 0.105 e. The molecule has 96 valence electrons. The molecule has 1 aliphatic rings. The molecule has 1 saturated heterocycles. The average molecular weight is 237 g/mol. The Hall–Kier alpha value is -0.800. The molecule has 2 heterocycles. The number of aryl methyl sites for hydroxylation is 2. The van der Waals surface area contributed by atoms with E-state index in [9.17, 15) is 0 Å². The standard InChI is InChI=1S/C14H23NO2/c1-10-7-14(12(3)17-10)11(2)15-8-13-5-4-6-16-9-13/h7,11,13,15H,4-6,8-9H2,1-3H3. The fourth-order valence-corrected chi connectivity index (χ4v) is 2.50. The van der Waals surface area contributed by atoms with E-state index in [1.807, 2.05) is 13.8 Å². The fraction of sp³-hybridized carbons (Fsp3) is 0.714. The molecule has 0 radical (unpaired) electrons. The van der Waals surface area contributed by atoms with Gasteiger partial charge in [0.15, 0.2) is 0 Å². The lowest BCUT2D eigenvalue weighted by Crippen LogP contribution is -2.30. The third kappa shape index (κ3) is 3.33. The topological polar surface area (TPSA) is 34.4 Å². The average Bonchev–Trinajstić information content (AvgIpc) is 2.67. The van der Waals surface area contributed by atoms with E-state index >= 15 is 0 Å². The third-order valence-electron chi connectivity index (χ3n) is 3.51. The van der Waals surface area contributed by atoms with Gasteiger partial charge in [0.1, 0.15) is 11.5 Å². The van der Waals surface area contributed by atoms with Crippen LogP contribution in [0.3, 0.4) is 0 Å². The van der Waals surface area contributed by atoms with Crippen molar-refractivity contribution in [3.63, 3.8) is 0 Å². The van der Waals surface area contributed by atoms with Crippen molar-refractivity contribution in [1.29, 1.82) is 0 Å². The van der Waals surface area contributed by atoms with Crippen LogP contribution in [0.25, 0.3) is 0 Å². The van der Waals surface area contributed by atoms with Crippen molar-refractivity contribution in [2.45, 2.75) is 39.7 Å². The van der Waals surface area contributed by atoms with E-state index in [-0.39, 0.29) is 0 Å². The van der Waals surface area contributed by atoms with Gasteiger partial charge in [-0.15, -0.1) is 0 Å². The van der Waals surface area contributed by atoms with Crippen molar-refractivity contribution < 1.29 is 9.15 Å². The Kier molecular flexibility index (Phi) is 4.24. The highest BCUT2D eigenvalue weighted by Crippen LogP contribution is 2.22. The zero-order valence-corrected chi connectivity index (χ0v) is 11.1. The molecular weight excluding hydrogens is 214 g/mol. The van der Waals surface area contributed by atoms with Crippen LogP contribution < -0.4 is 5.32 Å². The Balaban J connectivity index is 1.84. The lowest BCUT2D eigenvalue weighted by atomic mass is 10.0. The maximum atomic E-state index is 5.56. The first-order valence-electron chi connectivity index (χ1n) is 6.55. The minimum absolute atomic E-state index is 0.356. The molecule has 0 aromatic carbocycles. The Bertz CT molecular complexity index is 353. The van der Waals surface area contributed by atoms with Gasteiger partial charge < -0.3 is 14.5 Å². The van der Waals surface area contributed by atoms with Crippen LogP contribution in [0.2, 0.25) is 0 Å². The highest BCUT2D eigenvalue weighted by atomic mass is 16.5. The Labute approximate surface area is 104 Å². The van der Waals surface area contributed by atoms with E-state index in [1.54, 1.807) is 0 Å². The van der Waals surface area contributed by atoms with Gasteiger partial charge in [0.2, 0.25) is 0 Å². The van der Waals surface area contributed by atoms with Crippen molar-refractivity contribution in [1.82, 2.24) is 5.32 Å². The minimum Gasteiger partial charge on any atom is -0.466 e. The molecule has 0 aliphatic carbocycles. The third-order valence-corrected chi connectivity index (χ3v) is 3.51. The van der Waals surface area contributed by atoms with E-state index in [2.05, 4.69) is 18.3 Å². The molecule has 0 spiro atoms. The molecule has 1 aromatic heterocycles. The lowest BCUT2D eigenvalue weighted by molar-refractivity contribution is 0.0540. The number of rotatable bonds is 4. The maximum absolute atomic E-state index is 5.56. The van der Waals surface area contributed by atoms with E-state index in [0.29, 0.717) is 12.0 Å². The molecule has 1 N–H and O–H groups in total. The normalized spacial score (nSPS) is 22.6. The summed E-state index contributed by atoms with van der Waals surface area (Å²) in [6.45, 7) is 9.10. The van der Waals surface area contributed by atoms with Crippen LogP contribution in [-0.4, -0.2) is 19.8 Å². The van der Waals surface area contributed by atoms with Crippen LogP contribution in [0, 0.1) is 19.8 Å². The van der Waals surface area contributed by atoms with E-state index in [1.165, 1.54) is 18.4 Å². The summed E-state index contributed by atoms with van der Waals surface area (Å²) < 4.78 is 11.1. The second kappa shape index (κ2) is 5.69. The van der Waals surface area contributed by atoms with Gasteiger partial charge in [-0.05, 0) is 45.6 Å². The smallest absolute Gasteiger partial charge is 0.105 e. The fourth-order valence-electron chi connectivity index (χ4n) is 2.50. The summed E-state index contributed by atoms with van der Waals surface area (Å²) >= 11 is 0. The minimum atomic E-state index is 0.356. The van der Waals surface area contributed by atoms with Crippen molar-refractivity contribution in [3.8, 4) is 0 Å². The van der Waals surface area contributed by atoms with Gasteiger partial charge in [0, 0.05) is 24.8 Å². The Morgan fingerprint density at radius 1 is 1.47 bits per heavy atom. The second-order valence-electron chi connectivity index (χ2n) is 5.08. The van der Waals surface area contributed by atoms with Crippen LogP contribution in [0.4, 0.5) is 0 Å². The van der Waals surface area contributed by atoms with Crippen LogP contribution in [-0.2, 0) is 4.74 Å². The number of furan rings is 1. The van der Waals surface area contributed by atoms with E-state index < -0.39 is 0 Å². The molecule has 3 nitrogen and oxygen atoms in total. The molecule has 1 fully saturated rings. The summed E-state index contributed by atoms with van der Waals surface area (Å²) in [5.41, 5.74) is 1.28. The molecule has 17 heavy (non-hydrogen) atoms. The zero-order valence-electron chi connectivity index (χ0n) is 11.1. The van der Waals surface area contributed by atoms with Crippen LogP contribution in [0.15, 0.2) is 10.5 Å². The van der Waals surface area contributed by atoms with Gasteiger partial charge in [0.05, 0.1) is 6.61 Å². The number of nitrogens with one attached hydrogen (secondary N) is 1. The van der Waals surface area contributed by atoms with Gasteiger partial charge in [-0.1, -0.05) is 0 Å². The molecule has 1 aromatic rings. The van der Waals surface area contributed by atoms with Crippen molar-refractivity contribution in [3.05, 3.63) is 23.2 Å². The summed E-state index contributed by atoms with van der Waals surface area (Å²) in [7, 11) is 0. The van der Waals surface area contributed by atoms with E-state index in [0.717, 1.165) is 31.3 Å². The first kappa shape index (κ1) is 12.7. The molecule has 3 heteroatoms. The molecule has 2 rings (SSSR count). The van der Waals surface area contributed by atoms with Gasteiger partial charge in [-0.3, -0.25) is 0 Å². The predicted molar refractivity (Wildman–Crippen MR) is 68.1 cm³/mol. The van der Waals surface area contributed by atoms with Crippen molar-refractivity contribution in [2.24, 2.45) is 5.92 Å². The van der Waals surface area contributed by atoms with Gasteiger partial charge in [-0.25, -0.2) is 0 Å². The molecule has 0 saturated carbocycles. The quantitative estimate of drug-likeness (QED) is 0.874. The van der Waals surface area contributed by atoms with Crippen molar-refractivity contribution in [2.75, 3.05) is 19.8 Å². The summed E-state index contributed by atoms with van der Waals surface area (Å²) in [6, 6.07) is 2.49. The molecule has 2 atom stereocenters. The van der Waals surface area contributed by atoms with Crippen molar-refractivity contribution >= 4 is 0 Å². The molecule has 1 aliphatic heterocycles. The van der Waals surface area contributed by atoms with Crippen LogP contribution in [0.5, 0.6) is 0 Å².